The Morgan fingerprint density at radius 2 is 1.92 bits per heavy atom. The highest BCUT2D eigenvalue weighted by molar-refractivity contribution is 7.69. The van der Waals surface area contributed by atoms with Crippen LogP contribution in [0.15, 0.2) is 23.1 Å². The van der Waals surface area contributed by atoms with Gasteiger partial charge in [0.25, 0.3) is 0 Å². The first-order chi connectivity index (χ1) is 17.3. The van der Waals surface area contributed by atoms with Crippen LogP contribution in [-0.2, 0) is 15.8 Å². The summed E-state index contributed by atoms with van der Waals surface area (Å²) in [6.07, 6.45) is 3.41. The SMILES string of the molecule is CC(C)(C)OC(=O)N1CC2CCC1CN2c1ccc(Cn2c(=O)[nH]c3c(N)nc(P(C)(C)=O)nc32)cn1. The molecule has 198 valence electrons. The van der Waals surface area contributed by atoms with Crippen molar-refractivity contribution in [2.75, 3.05) is 37.1 Å². The highest BCUT2D eigenvalue weighted by atomic mass is 31.2. The van der Waals surface area contributed by atoms with Gasteiger partial charge in [-0.15, -0.1) is 0 Å². The number of ether oxygens (including phenoxy) is 1. The fraction of sp³-hybridized carbons (Fsp3) is 0.542. The molecular weight excluding hydrogens is 495 g/mol. The van der Waals surface area contributed by atoms with Crippen LogP contribution in [0.25, 0.3) is 11.2 Å². The predicted molar refractivity (Wildman–Crippen MR) is 142 cm³/mol. The van der Waals surface area contributed by atoms with Crippen LogP contribution in [0.2, 0.25) is 0 Å². The number of nitrogens with zero attached hydrogens (tertiary/aromatic N) is 6. The van der Waals surface area contributed by atoms with Crippen molar-refractivity contribution in [1.82, 2.24) is 29.4 Å². The molecule has 3 fully saturated rings. The van der Waals surface area contributed by atoms with Crippen LogP contribution in [0, 0.1) is 0 Å². The number of imidazole rings is 1. The third-order valence-corrected chi connectivity index (χ3v) is 7.89. The minimum Gasteiger partial charge on any atom is -0.444 e. The fourth-order valence-corrected chi connectivity index (χ4v) is 5.63. The summed E-state index contributed by atoms with van der Waals surface area (Å²) in [6.45, 7) is 10.3. The maximum absolute atomic E-state index is 12.7. The number of anilines is 2. The molecular formula is C24H33N8O4P. The summed E-state index contributed by atoms with van der Waals surface area (Å²) in [5.41, 5.74) is 6.69. The lowest BCUT2D eigenvalue weighted by Gasteiger charge is -2.51. The van der Waals surface area contributed by atoms with Gasteiger partial charge < -0.3 is 29.8 Å². The molecule has 2 bridgehead atoms. The molecule has 3 N–H and O–H groups in total. The van der Waals surface area contributed by atoms with Crippen molar-refractivity contribution < 1.29 is 14.1 Å². The second-order valence-electron chi connectivity index (χ2n) is 11.2. The molecule has 3 aromatic heterocycles. The summed E-state index contributed by atoms with van der Waals surface area (Å²) in [4.78, 5) is 45.3. The first kappa shape index (κ1) is 25.3. The van der Waals surface area contributed by atoms with Crippen LogP contribution >= 0.6 is 7.14 Å². The Morgan fingerprint density at radius 3 is 2.51 bits per heavy atom. The third-order valence-electron chi connectivity index (χ3n) is 6.72. The molecule has 13 heteroatoms. The van der Waals surface area contributed by atoms with E-state index in [1.807, 2.05) is 37.8 Å². The number of nitrogens with one attached hydrogen (secondary N) is 1. The predicted octanol–water partition coefficient (Wildman–Crippen LogP) is 1.98. The summed E-state index contributed by atoms with van der Waals surface area (Å²) in [7, 11) is -2.77. The number of nitrogens with two attached hydrogens (primary N) is 1. The van der Waals surface area contributed by atoms with Gasteiger partial charge in [-0.3, -0.25) is 4.57 Å². The maximum atomic E-state index is 12.7. The highest BCUT2D eigenvalue weighted by Gasteiger charge is 2.43. The average Bonchev–Trinajstić information content (AvgIpc) is 3.14. The minimum atomic E-state index is -2.77. The molecule has 1 amide bonds. The van der Waals surface area contributed by atoms with Gasteiger partial charge in [0.2, 0.25) is 0 Å². The summed E-state index contributed by atoms with van der Waals surface area (Å²) >= 11 is 0. The molecule has 0 aromatic carbocycles. The van der Waals surface area contributed by atoms with Gasteiger partial charge in [-0.1, -0.05) is 6.07 Å². The number of fused-ring (bicyclic) bond motifs is 4. The molecule has 0 radical (unpaired) electrons. The number of carbonyl (C=O) groups is 1. The lowest BCUT2D eigenvalue weighted by molar-refractivity contribution is 0.000783. The zero-order valence-electron chi connectivity index (χ0n) is 21.8. The van der Waals surface area contributed by atoms with E-state index in [4.69, 9.17) is 10.5 Å². The number of piperazine rings is 1. The number of hydrogen-bond acceptors (Lipinski definition) is 9. The van der Waals surface area contributed by atoms with E-state index in [1.165, 1.54) is 4.57 Å². The Labute approximate surface area is 214 Å². The molecule has 6 rings (SSSR count). The van der Waals surface area contributed by atoms with Gasteiger partial charge in [-0.2, -0.15) is 0 Å². The van der Waals surface area contributed by atoms with Crippen LogP contribution in [0.4, 0.5) is 16.4 Å². The first-order valence-electron chi connectivity index (χ1n) is 12.3. The Hall–Kier alpha value is -3.40. The smallest absolute Gasteiger partial charge is 0.410 e. The monoisotopic (exact) mass is 528 g/mol. The lowest BCUT2D eigenvalue weighted by atomic mass is 9.91. The Bertz CT molecular complexity index is 1450. The van der Waals surface area contributed by atoms with Crippen molar-refractivity contribution in [1.29, 1.82) is 0 Å². The van der Waals surface area contributed by atoms with Crippen LogP contribution in [0.3, 0.4) is 0 Å². The summed E-state index contributed by atoms with van der Waals surface area (Å²) in [6, 6.07) is 4.12. The topological polar surface area (TPSA) is 152 Å². The molecule has 0 spiro atoms. The molecule has 12 nitrogen and oxygen atoms in total. The van der Waals surface area contributed by atoms with E-state index in [1.54, 1.807) is 19.5 Å². The number of H-pyrrole nitrogens is 1. The first-order valence-corrected chi connectivity index (χ1v) is 14.9. The second kappa shape index (κ2) is 8.86. The van der Waals surface area contributed by atoms with Gasteiger partial charge >= 0.3 is 11.8 Å². The van der Waals surface area contributed by atoms with Crippen LogP contribution < -0.4 is 21.9 Å². The standard InChI is InChI=1S/C24H33N8O4P/c1-24(2,3)36-23(34)31-13-15-7-8-16(31)12-30(15)17-9-6-14(10-26-17)11-32-20-18(27-22(32)33)19(25)28-21(29-20)37(4,5)35/h6,9-10,15-16H,7-8,11-13H2,1-5H3,(H,27,33)(H2,25,28,29). The van der Waals surface area contributed by atoms with Gasteiger partial charge in [0.1, 0.15) is 24.1 Å². The number of carbonyl (C=O) groups excluding carboxylic acids is 1. The highest BCUT2D eigenvalue weighted by Crippen LogP contribution is 2.34. The molecule has 3 saturated heterocycles. The zero-order valence-corrected chi connectivity index (χ0v) is 22.7. The van der Waals surface area contributed by atoms with Crippen LogP contribution in [0.5, 0.6) is 0 Å². The Balaban J connectivity index is 1.34. The maximum Gasteiger partial charge on any atom is 0.410 e. The number of piperidine rings is 2. The lowest BCUT2D eigenvalue weighted by Crippen LogP contribution is -2.64. The van der Waals surface area contributed by atoms with Crippen molar-refractivity contribution in [2.45, 2.75) is 57.8 Å². The molecule has 0 saturated carbocycles. The van der Waals surface area contributed by atoms with Gasteiger partial charge in [0, 0.05) is 25.3 Å². The van der Waals surface area contributed by atoms with Crippen molar-refractivity contribution in [2.24, 2.45) is 0 Å². The van der Waals surface area contributed by atoms with E-state index in [0.717, 1.165) is 24.2 Å². The zero-order chi connectivity index (χ0) is 26.7. The van der Waals surface area contributed by atoms with Crippen LogP contribution in [-0.4, -0.2) is 79.6 Å². The van der Waals surface area contributed by atoms with E-state index >= 15 is 0 Å². The second-order valence-corrected chi connectivity index (χ2v) is 14.3. The van der Waals surface area contributed by atoms with E-state index in [0.29, 0.717) is 24.3 Å². The number of aromatic nitrogens is 5. The molecule has 3 aromatic rings. The average molecular weight is 529 g/mol. The molecule has 6 heterocycles. The van der Waals surface area contributed by atoms with E-state index in [2.05, 4.69) is 24.8 Å². The minimum absolute atomic E-state index is 0.0820. The molecule has 3 aliphatic heterocycles. The number of pyridine rings is 1. The molecule has 37 heavy (non-hydrogen) atoms. The van der Waals surface area contributed by atoms with Gasteiger partial charge in [-0.25, -0.2) is 24.5 Å². The largest absolute Gasteiger partial charge is 0.444 e. The van der Waals surface area contributed by atoms with Crippen molar-refractivity contribution in [3.63, 3.8) is 0 Å². The normalized spacial score (nSPS) is 20.0. The van der Waals surface area contributed by atoms with E-state index < -0.39 is 12.7 Å². The van der Waals surface area contributed by atoms with Crippen molar-refractivity contribution in [3.8, 4) is 0 Å². The fourth-order valence-electron chi connectivity index (χ4n) is 4.94. The Kier molecular flexibility index (Phi) is 6.05. The summed E-state index contributed by atoms with van der Waals surface area (Å²) in [5, 5.41) is 0. The number of aromatic amines is 1. The third kappa shape index (κ3) is 4.94. The van der Waals surface area contributed by atoms with Crippen LogP contribution in [0.1, 0.15) is 39.2 Å². The summed E-state index contributed by atoms with van der Waals surface area (Å²) < 4.78 is 19.6. The van der Waals surface area contributed by atoms with E-state index in [9.17, 15) is 14.2 Å². The van der Waals surface area contributed by atoms with Crippen molar-refractivity contribution >= 4 is 41.6 Å². The number of nitrogen functional groups attached to an aromatic ring is 1. The van der Waals surface area contributed by atoms with Gasteiger partial charge in [0.15, 0.2) is 17.0 Å². The van der Waals surface area contributed by atoms with Crippen molar-refractivity contribution in [3.05, 3.63) is 34.4 Å². The molecule has 3 aliphatic rings. The number of rotatable bonds is 4. The molecule has 2 unspecified atom stereocenters. The molecule has 0 aliphatic carbocycles. The number of hydrogen-bond donors (Lipinski definition) is 2. The quantitative estimate of drug-likeness (QED) is 0.484. The number of amides is 1. The Morgan fingerprint density at radius 1 is 1.19 bits per heavy atom. The van der Waals surface area contributed by atoms with Gasteiger partial charge in [0.05, 0.1) is 12.6 Å². The summed E-state index contributed by atoms with van der Waals surface area (Å²) in [5.74, 6) is 0.925. The molecule has 2 atom stereocenters. The van der Waals surface area contributed by atoms with E-state index in [-0.39, 0.29) is 41.8 Å². The van der Waals surface area contributed by atoms with Gasteiger partial charge in [-0.05, 0) is 58.6 Å².